The fraction of sp³-hybridized carbons (Fsp3) is 0.714. The monoisotopic (exact) mass is 296 g/mol. The minimum absolute atomic E-state index is 0.696. The third-order valence-corrected chi connectivity index (χ3v) is 3.87. The molecule has 0 aromatic carbocycles. The van der Waals surface area contributed by atoms with Gasteiger partial charge >= 0.3 is 0 Å². The summed E-state index contributed by atoms with van der Waals surface area (Å²) >= 11 is 1.57. The first kappa shape index (κ1) is 15.4. The van der Waals surface area contributed by atoms with Crippen molar-refractivity contribution in [3.63, 3.8) is 0 Å². The summed E-state index contributed by atoms with van der Waals surface area (Å²) in [6.45, 7) is 5.84. The highest BCUT2D eigenvalue weighted by Crippen LogP contribution is 2.19. The Morgan fingerprint density at radius 2 is 2.05 bits per heavy atom. The van der Waals surface area contributed by atoms with Crippen molar-refractivity contribution >= 4 is 23.4 Å². The molecule has 0 aliphatic carbocycles. The third kappa shape index (κ3) is 4.83. The molecule has 2 heterocycles. The number of thioether (sulfide) groups is 1. The number of rotatable bonds is 8. The van der Waals surface area contributed by atoms with E-state index in [0.29, 0.717) is 5.92 Å². The first-order valence-corrected chi connectivity index (χ1v) is 8.53. The average Bonchev–Trinajstić information content (AvgIpc) is 2.98. The molecule has 0 bridgehead atoms. The maximum absolute atomic E-state index is 5.39. The largest absolute Gasteiger partial charge is 0.381 e. The lowest BCUT2D eigenvalue weighted by Crippen LogP contribution is -2.11. The normalized spacial score (nSPS) is 18.2. The molecule has 6 heteroatoms. The molecule has 0 radical (unpaired) electrons. The lowest BCUT2D eigenvalue weighted by atomic mass is 10.1. The minimum Gasteiger partial charge on any atom is -0.381 e. The summed E-state index contributed by atoms with van der Waals surface area (Å²) in [5, 5.41) is 7.52. The van der Waals surface area contributed by atoms with Gasteiger partial charge < -0.3 is 15.4 Å². The van der Waals surface area contributed by atoms with Crippen LogP contribution < -0.4 is 10.6 Å². The molecule has 2 N–H and O–H groups in total. The van der Waals surface area contributed by atoms with E-state index in [-0.39, 0.29) is 0 Å². The predicted octanol–water partition coefficient (Wildman–Crippen LogP) is 2.86. The van der Waals surface area contributed by atoms with Gasteiger partial charge in [0.1, 0.15) is 11.6 Å². The van der Waals surface area contributed by atoms with E-state index in [1.165, 1.54) is 6.42 Å². The standard InChI is InChI=1S/C14H24N4OS/c1-3-6-15-12-9-13(18-14(17-12)20-2)16-7-4-11-5-8-19-10-11/h9,11H,3-8,10H2,1-2H3,(H2,15,16,17,18). The summed E-state index contributed by atoms with van der Waals surface area (Å²) in [6, 6.07) is 1.99. The Labute approximate surface area is 125 Å². The second-order valence-corrected chi connectivity index (χ2v) is 5.77. The van der Waals surface area contributed by atoms with Gasteiger partial charge in [0, 0.05) is 32.4 Å². The van der Waals surface area contributed by atoms with Crippen LogP contribution in [0.1, 0.15) is 26.2 Å². The molecule has 1 atom stereocenters. The summed E-state index contributed by atoms with van der Waals surface area (Å²) in [7, 11) is 0. The Morgan fingerprint density at radius 1 is 1.30 bits per heavy atom. The van der Waals surface area contributed by atoms with Crippen molar-refractivity contribution in [2.45, 2.75) is 31.3 Å². The van der Waals surface area contributed by atoms with E-state index < -0.39 is 0 Å². The number of nitrogens with zero attached hydrogens (tertiary/aromatic N) is 2. The second kappa shape index (κ2) is 8.32. The highest BCUT2D eigenvalue weighted by molar-refractivity contribution is 7.98. The van der Waals surface area contributed by atoms with Gasteiger partial charge in [-0.15, -0.1) is 0 Å². The Balaban J connectivity index is 1.87. The van der Waals surface area contributed by atoms with Gasteiger partial charge in [-0.1, -0.05) is 18.7 Å². The summed E-state index contributed by atoms with van der Waals surface area (Å²) in [5.74, 6) is 2.50. The average molecular weight is 296 g/mol. The minimum atomic E-state index is 0.696. The fourth-order valence-electron chi connectivity index (χ4n) is 2.17. The Hall–Kier alpha value is -1.01. The smallest absolute Gasteiger partial charge is 0.191 e. The molecule has 0 spiro atoms. The number of nitrogens with one attached hydrogen (secondary N) is 2. The predicted molar refractivity (Wildman–Crippen MR) is 84.6 cm³/mol. The van der Waals surface area contributed by atoms with Crippen LogP contribution in [0.5, 0.6) is 0 Å². The van der Waals surface area contributed by atoms with Crippen molar-refractivity contribution in [1.82, 2.24) is 9.97 Å². The van der Waals surface area contributed by atoms with Gasteiger partial charge in [-0.05, 0) is 31.4 Å². The number of hydrogen-bond acceptors (Lipinski definition) is 6. The summed E-state index contributed by atoms with van der Waals surface area (Å²) < 4.78 is 5.39. The SMILES string of the molecule is CCCNc1cc(NCCC2CCOC2)nc(SC)n1. The molecule has 0 saturated carbocycles. The highest BCUT2D eigenvalue weighted by atomic mass is 32.2. The van der Waals surface area contributed by atoms with Gasteiger partial charge in [-0.2, -0.15) is 0 Å². The molecular formula is C14H24N4OS. The number of ether oxygens (including phenoxy) is 1. The van der Waals surface area contributed by atoms with Gasteiger partial charge in [0.15, 0.2) is 5.16 Å². The van der Waals surface area contributed by atoms with Gasteiger partial charge in [-0.25, -0.2) is 9.97 Å². The van der Waals surface area contributed by atoms with Crippen molar-refractivity contribution in [2.75, 3.05) is 43.2 Å². The first-order valence-electron chi connectivity index (χ1n) is 7.30. The van der Waals surface area contributed by atoms with Crippen LogP contribution in [0.15, 0.2) is 11.2 Å². The van der Waals surface area contributed by atoms with Crippen LogP contribution >= 0.6 is 11.8 Å². The van der Waals surface area contributed by atoms with Crippen LogP contribution in [-0.4, -0.2) is 42.5 Å². The molecule has 1 aromatic heterocycles. The fourth-order valence-corrected chi connectivity index (χ4v) is 2.55. The lowest BCUT2D eigenvalue weighted by Gasteiger charge is -2.11. The number of aromatic nitrogens is 2. The quantitative estimate of drug-likeness (QED) is 0.568. The molecule has 1 aliphatic rings. The zero-order valence-corrected chi connectivity index (χ0v) is 13.1. The summed E-state index contributed by atoms with van der Waals surface area (Å²) in [4.78, 5) is 8.95. The summed E-state index contributed by atoms with van der Waals surface area (Å²) in [5.41, 5.74) is 0. The molecule has 20 heavy (non-hydrogen) atoms. The Bertz CT molecular complexity index is 410. The van der Waals surface area contributed by atoms with E-state index in [1.807, 2.05) is 12.3 Å². The van der Waals surface area contributed by atoms with Crippen LogP contribution in [-0.2, 0) is 4.74 Å². The molecule has 1 fully saturated rings. The third-order valence-electron chi connectivity index (χ3n) is 3.33. The summed E-state index contributed by atoms with van der Waals surface area (Å²) in [6.07, 6.45) is 5.41. The van der Waals surface area contributed by atoms with Crippen LogP contribution in [0.3, 0.4) is 0 Å². The van der Waals surface area contributed by atoms with E-state index in [9.17, 15) is 0 Å². The van der Waals surface area contributed by atoms with E-state index in [1.54, 1.807) is 11.8 Å². The van der Waals surface area contributed by atoms with Crippen molar-refractivity contribution < 1.29 is 4.74 Å². The van der Waals surface area contributed by atoms with Crippen molar-refractivity contribution in [2.24, 2.45) is 5.92 Å². The van der Waals surface area contributed by atoms with E-state index >= 15 is 0 Å². The van der Waals surface area contributed by atoms with E-state index in [4.69, 9.17) is 4.74 Å². The molecule has 1 saturated heterocycles. The topological polar surface area (TPSA) is 59.1 Å². The molecule has 0 amide bonds. The maximum Gasteiger partial charge on any atom is 0.191 e. The van der Waals surface area contributed by atoms with Crippen LogP contribution in [0, 0.1) is 5.92 Å². The molecule has 2 rings (SSSR count). The molecule has 112 valence electrons. The molecule has 1 aliphatic heterocycles. The van der Waals surface area contributed by atoms with Crippen molar-refractivity contribution in [1.29, 1.82) is 0 Å². The van der Waals surface area contributed by atoms with Crippen LogP contribution in [0.25, 0.3) is 0 Å². The van der Waals surface area contributed by atoms with Crippen molar-refractivity contribution in [3.05, 3.63) is 6.07 Å². The molecular weight excluding hydrogens is 272 g/mol. The maximum atomic E-state index is 5.39. The number of anilines is 2. The lowest BCUT2D eigenvalue weighted by molar-refractivity contribution is 0.185. The zero-order valence-electron chi connectivity index (χ0n) is 12.3. The highest BCUT2D eigenvalue weighted by Gasteiger charge is 2.15. The van der Waals surface area contributed by atoms with Gasteiger partial charge in [0.05, 0.1) is 0 Å². The Kier molecular flexibility index (Phi) is 6.39. The molecule has 1 unspecified atom stereocenters. The van der Waals surface area contributed by atoms with E-state index in [2.05, 4.69) is 27.5 Å². The van der Waals surface area contributed by atoms with Crippen LogP contribution in [0.2, 0.25) is 0 Å². The number of hydrogen-bond donors (Lipinski definition) is 2. The van der Waals surface area contributed by atoms with Gasteiger partial charge in [0.25, 0.3) is 0 Å². The Morgan fingerprint density at radius 3 is 2.65 bits per heavy atom. The zero-order chi connectivity index (χ0) is 14.2. The second-order valence-electron chi connectivity index (χ2n) is 5.00. The molecule has 5 nitrogen and oxygen atoms in total. The van der Waals surface area contributed by atoms with Gasteiger partial charge in [0.2, 0.25) is 0 Å². The van der Waals surface area contributed by atoms with Crippen molar-refractivity contribution in [3.8, 4) is 0 Å². The first-order chi connectivity index (χ1) is 9.81. The van der Waals surface area contributed by atoms with E-state index in [0.717, 1.165) is 55.9 Å². The van der Waals surface area contributed by atoms with Gasteiger partial charge in [-0.3, -0.25) is 0 Å². The van der Waals surface area contributed by atoms with Crippen LogP contribution in [0.4, 0.5) is 11.6 Å². The molecule has 1 aromatic rings.